The molecular weight excluding hydrogens is 242 g/mol. The van der Waals surface area contributed by atoms with Gasteiger partial charge in [-0.25, -0.2) is 4.98 Å². The van der Waals surface area contributed by atoms with Gasteiger partial charge in [-0.05, 0) is 25.1 Å². The smallest absolute Gasteiger partial charge is 0.213 e. The maximum Gasteiger partial charge on any atom is 0.213 e. The van der Waals surface area contributed by atoms with Crippen molar-refractivity contribution in [1.29, 1.82) is 0 Å². The average Bonchev–Trinajstić information content (AvgIpc) is 2.97. The average molecular weight is 253 g/mol. The van der Waals surface area contributed by atoms with E-state index in [9.17, 15) is 0 Å². The molecule has 0 bridgehead atoms. The predicted molar refractivity (Wildman–Crippen MR) is 66.3 cm³/mol. The SMILES string of the molecule is S=c1nc(-c2cnc(N3CCCC3)s2)[nH][nH]1. The normalized spacial score (nSPS) is 15.9. The molecule has 5 nitrogen and oxygen atoms in total. The molecule has 0 saturated carbocycles. The van der Waals surface area contributed by atoms with Crippen LogP contribution in [0.4, 0.5) is 5.13 Å². The molecule has 0 atom stereocenters. The van der Waals surface area contributed by atoms with Gasteiger partial charge in [0, 0.05) is 13.1 Å². The molecular formula is C9H11N5S2. The van der Waals surface area contributed by atoms with Gasteiger partial charge in [0.05, 0.1) is 11.1 Å². The van der Waals surface area contributed by atoms with Gasteiger partial charge in [0.2, 0.25) is 4.77 Å². The number of hydrogen-bond donors (Lipinski definition) is 2. The van der Waals surface area contributed by atoms with Crippen LogP contribution in [0.15, 0.2) is 6.20 Å². The largest absolute Gasteiger partial charge is 0.348 e. The van der Waals surface area contributed by atoms with Crippen LogP contribution in [0, 0.1) is 4.77 Å². The molecule has 3 heterocycles. The Bertz CT molecular complexity index is 534. The first-order valence-electron chi connectivity index (χ1n) is 5.19. The number of hydrogen-bond acceptors (Lipinski definition) is 5. The molecule has 0 aliphatic carbocycles. The number of nitrogens with zero attached hydrogens (tertiary/aromatic N) is 3. The van der Waals surface area contributed by atoms with Crippen LogP contribution in [-0.4, -0.2) is 33.3 Å². The van der Waals surface area contributed by atoms with Crippen molar-refractivity contribution < 1.29 is 0 Å². The number of nitrogens with one attached hydrogen (secondary N) is 2. The highest BCUT2D eigenvalue weighted by Gasteiger charge is 2.16. The van der Waals surface area contributed by atoms with Crippen molar-refractivity contribution in [2.24, 2.45) is 0 Å². The minimum absolute atomic E-state index is 0.478. The van der Waals surface area contributed by atoms with Crippen LogP contribution in [0.25, 0.3) is 10.7 Å². The molecule has 16 heavy (non-hydrogen) atoms. The Morgan fingerprint density at radius 3 is 2.81 bits per heavy atom. The molecule has 2 aromatic rings. The van der Waals surface area contributed by atoms with E-state index in [2.05, 4.69) is 25.1 Å². The molecule has 2 aromatic heterocycles. The molecule has 0 unspecified atom stereocenters. The van der Waals surface area contributed by atoms with Gasteiger partial charge in [0.25, 0.3) is 0 Å². The number of H-pyrrole nitrogens is 2. The van der Waals surface area contributed by atoms with Gasteiger partial charge in [-0.3, -0.25) is 10.2 Å². The van der Waals surface area contributed by atoms with E-state index in [1.165, 1.54) is 12.8 Å². The topological polar surface area (TPSA) is 60.6 Å². The lowest BCUT2D eigenvalue weighted by atomic mass is 10.4. The summed E-state index contributed by atoms with van der Waals surface area (Å²) in [4.78, 5) is 11.9. The molecule has 0 aromatic carbocycles. The van der Waals surface area contributed by atoms with Crippen LogP contribution in [0.2, 0.25) is 0 Å². The zero-order valence-electron chi connectivity index (χ0n) is 8.56. The fourth-order valence-electron chi connectivity index (χ4n) is 1.82. The third-order valence-corrected chi connectivity index (χ3v) is 3.86. The van der Waals surface area contributed by atoms with E-state index in [4.69, 9.17) is 12.2 Å². The zero-order chi connectivity index (χ0) is 11.0. The van der Waals surface area contributed by atoms with Gasteiger partial charge in [-0.2, -0.15) is 4.98 Å². The lowest BCUT2D eigenvalue weighted by molar-refractivity contribution is 0.949. The first kappa shape index (κ1) is 9.98. The Balaban J connectivity index is 1.89. The van der Waals surface area contributed by atoms with E-state index < -0.39 is 0 Å². The summed E-state index contributed by atoms with van der Waals surface area (Å²) in [6.45, 7) is 2.23. The van der Waals surface area contributed by atoms with Crippen molar-refractivity contribution >= 4 is 28.7 Å². The second-order valence-corrected chi connectivity index (χ2v) is 5.11. The summed E-state index contributed by atoms with van der Waals surface area (Å²) in [5.74, 6) is 0.771. The van der Waals surface area contributed by atoms with E-state index in [0.29, 0.717) is 4.77 Å². The molecule has 7 heteroatoms. The molecule has 2 N–H and O–H groups in total. The van der Waals surface area contributed by atoms with E-state index >= 15 is 0 Å². The lowest BCUT2D eigenvalue weighted by Crippen LogP contribution is -2.16. The summed E-state index contributed by atoms with van der Waals surface area (Å²) in [5, 5.41) is 6.81. The molecule has 0 amide bonds. The second kappa shape index (κ2) is 3.99. The Morgan fingerprint density at radius 1 is 1.31 bits per heavy atom. The standard InChI is InChI=1S/C9H11N5S2/c15-8-11-7(12-13-8)6-5-10-9(16-6)14-3-1-2-4-14/h5H,1-4H2,(H2,11,12,13,15). The highest BCUT2D eigenvalue weighted by atomic mass is 32.1. The van der Waals surface area contributed by atoms with Crippen molar-refractivity contribution in [3.8, 4) is 10.7 Å². The fourth-order valence-corrected chi connectivity index (χ4v) is 2.87. The molecule has 1 aliphatic heterocycles. The van der Waals surface area contributed by atoms with Gasteiger partial charge < -0.3 is 4.90 Å². The highest BCUT2D eigenvalue weighted by molar-refractivity contribution is 7.71. The Kier molecular flexibility index (Phi) is 2.49. The predicted octanol–water partition coefficient (Wildman–Crippen LogP) is 2.19. The molecule has 84 valence electrons. The maximum atomic E-state index is 4.92. The van der Waals surface area contributed by atoms with Crippen LogP contribution < -0.4 is 4.90 Å². The molecule has 0 spiro atoms. The number of anilines is 1. The van der Waals surface area contributed by atoms with Gasteiger partial charge in [-0.15, -0.1) is 0 Å². The number of aromatic amines is 2. The van der Waals surface area contributed by atoms with Gasteiger partial charge in [0.1, 0.15) is 0 Å². The molecule has 1 aliphatic rings. The number of rotatable bonds is 2. The summed E-state index contributed by atoms with van der Waals surface area (Å²) < 4.78 is 0.478. The molecule has 3 rings (SSSR count). The van der Waals surface area contributed by atoms with Gasteiger partial charge >= 0.3 is 0 Å². The number of aromatic nitrogens is 4. The minimum atomic E-state index is 0.478. The van der Waals surface area contributed by atoms with E-state index in [0.717, 1.165) is 28.9 Å². The van der Waals surface area contributed by atoms with Crippen molar-refractivity contribution in [3.63, 3.8) is 0 Å². The van der Waals surface area contributed by atoms with E-state index in [1.54, 1.807) is 11.3 Å². The van der Waals surface area contributed by atoms with Gasteiger partial charge in [-0.1, -0.05) is 11.3 Å². The van der Waals surface area contributed by atoms with Crippen LogP contribution in [-0.2, 0) is 0 Å². The summed E-state index contributed by atoms with van der Waals surface area (Å²) >= 11 is 6.57. The van der Waals surface area contributed by atoms with Crippen LogP contribution in [0.3, 0.4) is 0 Å². The zero-order valence-corrected chi connectivity index (χ0v) is 10.2. The second-order valence-electron chi connectivity index (χ2n) is 3.72. The first-order chi connectivity index (χ1) is 7.83. The minimum Gasteiger partial charge on any atom is -0.348 e. The van der Waals surface area contributed by atoms with Crippen molar-refractivity contribution in [2.45, 2.75) is 12.8 Å². The van der Waals surface area contributed by atoms with Crippen LogP contribution in [0.5, 0.6) is 0 Å². The Hall–Kier alpha value is -1.21. The van der Waals surface area contributed by atoms with Crippen molar-refractivity contribution in [1.82, 2.24) is 20.2 Å². The third kappa shape index (κ3) is 1.76. The molecule has 1 fully saturated rings. The summed E-state index contributed by atoms with van der Waals surface area (Å²) in [6, 6.07) is 0. The lowest BCUT2D eigenvalue weighted by Gasteiger charge is -2.11. The highest BCUT2D eigenvalue weighted by Crippen LogP contribution is 2.30. The summed E-state index contributed by atoms with van der Waals surface area (Å²) in [6.07, 6.45) is 4.37. The van der Waals surface area contributed by atoms with E-state index in [-0.39, 0.29) is 0 Å². The first-order valence-corrected chi connectivity index (χ1v) is 6.41. The summed E-state index contributed by atoms with van der Waals surface area (Å²) in [5.41, 5.74) is 0. The summed E-state index contributed by atoms with van der Waals surface area (Å²) in [7, 11) is 0. The monoisotopic (exact) mass is 253 g/mol. The van der Waals surface area contributed by atoms with Crippen LogP contribution >= 0.6 is 23.6 Å². The van der Waals surface area contributed by atoms with E-state index in [1.807, 2.05) is 6.20 Å². The van der Waals surface area contributed by atoms with Crippen LogP contribution in [0.1, 0.15) is 12.8 Å². The third-order valence-electron chi connectivity index (χ3n) is 2.60. The number of thiazole rings is 1. The Labute approximate surface area is 102 Å². The fraction of sp³-hybridized carbons (Fsp3) is 0.444. The van der Waals surface area contributed by atoms with Gasteiger partial charge in [0.15, 0.2) is 11.0 Å². The molecule has 0 radical (unpaired) electrons. The quantitative estimate of drug-likeness (QED) is 0.805. The van der Waals surface area contributed by atoms with Crippen molar-refractivity contribution in [3.05, 3.63) is 11.0 Å². The van der Waals surface area contributed by atoms with Crippen molar-refractivity contribution in [2.75, 3.05) is 18.0 Å². The molecule has 1 saturated heterocycles. The maximum absolute atomic E-state index is 4.92. The Morgan fingerprint density at radius 2 is 2.12 bits per heavy atom.